The van der Waals surface area contributed by atoms with Crippen molar-refractivity contribution in [3.8, 4) is 11.5 Å². The second kappa shape index (κ2) is 8.23. The summed E-state index contributed by atoms with van der Waals surface area (Å²) < 4.78 is 5.90. The van der Waals surface area contributed by atoms with E-state index in [9.17, 15) is 4.79 Å². The maximum absolute atomic E-state index is 12.3. The highest BCUT2D eigenvalue weighted by Crippen LogP contribution is 2.46. The molecule has 8 nitrogen and oxygen atoms in total. The number of benzene rings is 2. The Labute approximate surface area is 180 Å². The minimum Gasteiger partial charge on any atom is -0.457 e. The number of rotatable bonds is 5. The molecule has 0 aliphatic carbocycles. The van der Waals surface area contributed by atoms with E-state index in [4.69, 9.17) is 10.5 Å². The Balaban J connectivity index is 1.50. The first kappa shape index (κ1) is 19.3. The highest BCUT2D eigenvalue weighted by atomic mass is 16.5. The molecular weight excluding hydrogens is 392 g/mol. The third-order valence-corrected chi connectivity index (χ3v) is 5.75. The van der Waals surface area contributed by atoms with E-state index in [1.54, 1.807) is 0 Å². The molecule has 2 aliphatic heterocycles. The predicted octanol–water partition coefficient (Wildman–Crippen LogP) is 3.09. The summed E-state index contributed by atoms with van der Waals surface area (Å²) in [4.78, 5) is 25.0. The van der Waals surface area contributed by atoms with Gasteiger partial charge in [-0.15, -0.1) is 0 Å². The molecule has 0 bridgehead atoms. The van der Waals surface area contributed by atoms with Gasteiger partial charge in [0.1, 0.15) is 23.5 Å². The fourth-order valence-electron chi connectivity index (χ4n) is 4.35. The smallest absolute Gasteiger partial charge is 0.165 e. The Hall–Kier alpha value is -3.65. The number of nitrogens with two attached hydrogens (primary N) is 1. The molecule has 2 aromatic carbocycles. The van der Waals surface area contributed by atoms with Gasteiger partial charge in [0.2, 0.25) is 0 Å². The average Bonchev–Trinajstić information content (AvgIpc) is 3.16. The zero-order valence-electron chi connectivity index (χ0n) is 17.0. The van der Waals surface area contributed by atoms with Gasteiger partial charge >= 0.3 is 0 Å². The van der Waals surface area contributed by atoms with Gasteiger partial charge in [-0.25, -0.2) is 9.97 Å². The van der Waals surface area contributed by atoms with Crippen molar-refractivity contribution in [1.82, 2.24) is 15.3 Å². The lowest BCUT2D eigenvalue weighted by molar-refractivity contribution is -0.108. The lowest BCUT2D eigenvalue weighted by atomic mass is 10.1. The van der Waals surface area contributed by atoms with Crippen molar-refractivity contribution in [2.24, 2.45) is 0 Å². The first-order valence-corrected chi connectivity index (χ1v) is 10.4. The van der Waals surface area contributed by atoms with Gasteiger partial charge < -0.3 is 25.6 Å². The molecule has 0 spiro atoms. The van der Waals surface area contributed by atoms with Gasteiger partial charge in [0.05, 0.1) is 0 Å². The van der Waals surface area contributed by atoms with E-state index in [0.29, 0.717) is 23.1 Å². The van der Waals surface area contributed by atoms with Gasteiger partial charge in [-0.3, -0.25) is 4.79 Å². The molecule has 0 amide bonds. The van der Waals surface area contributed by atoms with Crippen LogP contribution in [0.15, 0.2) is 60.9 Å². The summed E-state index contributed by atoms with van der Waals surface area (Å²) in [5.74, 6) is 2.53. The number of aromatic nitrogens is 2. The number of ether oxygens (including phenoxy) is 1. The Bertz CT molecular complexity index is 1050. The average molecular weight is 416 g/mol. The fraction of sp³-hybridized carbons (Fsp3) is 0.261. The van der Waals surface area contributed by atoms with Crippen LogP contribution in [-0.2, 0) is 4.79 Å². The van der Waals surface area contributed by atoms with E-state index in [1.165, 1.54) is 6.33 Å². The predicted molar refractivity (Wildman–Crippen MR) is 120 cm³/mol. The van der Waals surface area contributed by atoms with Crippen LogP contribution >= 0.6 is 0 Å². The van der Waals surface area contributed by atoms with Crippen molar-refractivity contribution in [2.45, 2.75) is 25.0 Å². The number of carbonyl (C=O) groups excluding carboxylic acids is 1. The number of anilines is 4. The number of carbonyl (C=O) groups is 1. The van der Waals surface area contributed by atoms with Crippen LogP contribution in [-0.4, -0.2) is 41.6 Å². The highest BCUT2D eigenvalue weighted by Gasteiger charge is 2.43. The molecule has 158 valence electrons. The number of fused-ring (bicyclic) bond motifs is 1. The quantitative estimate of drug-likeness (QED) is 0.613. The van der Waals surface area contributed by atoms with Crippen LogP contribution < -0.4 is 25.6 Å². The van der Waals surface area contributed by atoms with Gasteiger partial charge in [-0.2, -0.15) is 0 Å². The zero-order valence-corrected chi connectivity index (χ0v) is 17.0. The molecule has 0 radical (unpaired) electrons. The van der Waals surface area contributed by atoms with Gasteiger partial charge in [0.15, 0.2) is 24.1 Å². The van der Waals surface area contributed by atoms with Crippen LogP contribution in [0.3, 0.4) is 0 Å². The number of nitrogen functional groups attached to an aromatic ring is 1. The molecule has 2 aliphatic rings. The summed E-state index contributed by atoms with van der Waals surface area (Å²) in [6, 6.07) is 17.4. The number of hydrogen-bond donors (Lipinski definition) is 2. The summed E-state index contributed by atoms with van der Waals surface area (Å²) in [6.07, 6.45) is 3.90. The number of para-hydroxylation sites is 1. The summed E-state index contributed by atoms with van der Waals surface area (Å²) in [5, 5.41) is 3.42. The maximum Gasteiger partial charge on any atom is 0.165 e. The summed E-state index contributed by atoms with van der Waals surface area (Å²) in [6.45, 7) is 1.78. The van der Waals surface area contributed by atoms with Crippen molar-refractivity contribution >= 4 is 29.3 Å². The van der Waals surface area contributed by atoms with E-state index in [2.05, 4.69) is 20.2 Å². The van der Waals surface area contributed by atoms with E-state index >= 15 is 0 Å². The first-order chi connectivity index (χ1) is 15.3. The number of nitrogens with one attached hydrogen (secondary N) is 1. The Morgan fingerprint density at radius 3 is 2.55 bits per heavy atom. The molecule has 8 heteroatoms. The summed E-state index contributed by atoms with van der Waals surface area (Å²) in [5.41, 5.74) is 7.76. The Morgan fingerprint density at radius 2 is 1.84 bits per heavy atom. The molecule has 5 rings (SSSR count). The standard InChI is InChI=1S/C23H24N6O2/c24-22-21-23(27-15-26-22)29(17-5-4-12-25-13-17)20(14-30)28(21)16-8-10-19(11-9-16)31-18-6-2-1-3-7-18/h1-3,6-11,14-15,17,20,25H,4-5,12-13H2,(H2,24,26,27)/t17-,20?/m1/s1. The van der Waals surface area contributed by atoms with Crippen molar-refractivity contribution < 1.29 is 9.53 Å². The van der Waals surface area contributed by atoms with Crippen LogP contribution in [0.5, 0.6) is 11.5 Å². The number of piperidine rings is 1. The molecule has 1 aromatic heterocycles. The third kappa shape index (κ3) is 3.55. The SMILES string of the molecule is Nc1ncnc2c1N(c1ccc(Oc3ccccc3)cc1)C(C=O)N2[C@@H]1CCCNC1. The zero-order chi connectivity index (χ0) is 21.2. The summed E-state index contributed by atoms with van der Waals surface area (Å²) >= 11 is 0. The van der Waals surface area contributed by atoms with Crippen LogP contribution in [0.25, 0.3) is 0 Å². The van der Waals surface area contributed by atoms with Gasteiger partial charge in [0, 0.05) is 18.3 Å². The topological polar surface area (TPSA) is 96.6 Å². The van der Waals surface area contributed by atoms with Gasteiger partial charge in [0.25, 0.3) is 0 Å². The number of nitrogens with zero attached hydrogens (tertiary/aromatic N) is 4. The Kier molecular flexibility index (Phi) is 5.13. The largest absolute Gasteiger partial charge is 0.457 e. The van der Waals surface area contributed by atoms with E-state index in [-0.39, 0.29) is 6.04 Å². The number of hydrogen-bond acceptors (Lipinski definition) is 8. The molecule has 3 aromatic rings. The number of aldehydes is 1. The maximum atomic E-state index is 12.3. The summed E-state index contributed by atoms with van der Waals surface area (Å²) in [7, 11) is 0. The molecule has 1 fully saturated rings. The second-order valence-corrected chi connectivity index (χ2v) is 7.67. The molecular formula is C23H24N6O2. The van der Waals surface area contributed by atoms with E-state index < -0.39 is 6.17 Å². The van der Waals surface area contributed by atoms with Crippen molar-refractivity contribution in [3.05, 3.63) is 60.9 Å². The van der Waals surface area contributed by atoms with Gasteiger partial charge in [-0.05, 0) is 55.8 Å². The lowest BCUT2D eigenvalue weighted by Gasteiger charge is -2.36. The van der Waals surface area contributed by atoms with E-state index in [0.717, 1.165) is 43.7 Å². The molecule has 2 atom stereocenters. The van der Waals surface area contributed by atoms with Crippen molar-refractivity contribution in [1.29, 1.82) is 0 Å². The van der Waals surface area contributed by atoms with Crippen LogP contribution in [0, 0.1) is 0 Å². The minimum absolute atomic E-state index is 0.155. The van der Waals surface area contributed by atoms with Gasteiger partial charge in [-0.1, -0.05) is 18.2 Å². The minimum atomic E-state index is -0.542. The molecule has 3 heterocycles. The first-order valence-electron chi connectivity index (χ1n) is 10.4. The highest BCUT2D eigenvalue weighted by molar-refractivity contribution is 5.94. The van der Waals surface area contributed by atoms with Crippen molar-refractivity contribution in [3.63, 3.8) is 0 Å². The lowest BCUT2D eigenvalue weighted by Crippen LogP contribution is -2.53. The molecule has 1 unspecified atom stereocenters. The van der Waals surface area contributed by atoms with Crippen LogP contribution in [0.4, 0.5) is 23.0 Å². The second-order valence-electron chi connectivity index (χ2n) is 7.67. The molecule has 1 saturated heterocycles. The normalized spacial score (nSPS) is 20.4. The molecule has 31 heavy (non-hydrogen) atoms. The van der Waals surface area contributed by atoms with E-state index in [1.807, 2.05) is 59.5 Å². The molecule has 0 saturated carbocycles. The third-order valence-electron chi connectivity index (χ3n) is 5.75. The molecule has 3 N–H and O–H groups in total. The van der Waals surface area contributed by atoms with Crippen LogP contribution in [0.2, 0.25) is 0 Å². The van der Waals surface area contributed by atoms with Crippen LogP contribution in [0.1, 0.15) is 12.8 Å². The fourth-order valence-corrected chi connectivity index (χ4v) is 4.35. The Morgan fingerprint density at radius 1 is 1.06 bits per heavy atom. The van der Waals surface area contributed by atoms with Crippen molar-refractivity contribution in [2.75, 3.05) is 28.6 Å². The monoisotopic (exact) mass is 416 g/mol.